The summed E-state index contributed by atoms with van der Waals surface area (Å²) < 4.78 is 29.9. The first-order chi connectivity index (χ1) is 12.0. The van der Waals surface area contributed by atoms with Crippen molar-refractivity contribution in [2.24, 2.45) is 5.92 Å². The molecule has 7 heteroatoms. The number of ether oxygens (including phenoxy) is 1. The van der Waals surface area contributed by atoms with Crippen LogP contribution in [0.5, 0.6) is 0 Å². The van der Waals surface area contributed by atoms with Crippen molar-refractivity contribution in [1.29, 1.82) is 0 Å². The number of carbonyl (C=O) groups excluding carboxylic acids is 1. The molecule has 0 N–H and O–H groups in total. The van der Waals surface area contributed by atoms with E-state index in [2.05, 4.69) is 0 Å². The third kappa shape index (κ3) is 5.90. The molecule has 0 spiro atoms. The van der Waals surface area contributed by atoms with Gasteiger partial charge in [-0.15, -0.1) is 0 Å². The maximum Gasteiger partial charge on any atom is 0.410 e. The molecule has 26 heavy (non-hydrogen) atoms. The smallest absolute Gasteiger partial charge is 0.410 e. The molecule has 0 aromatic heterocycles. The van der Waals surface area contributed by atoms with Gasteiger partial charge in [-0.1, -0.05) is 12.1 Å². The highest BCUT2D eigenvalue weighted by Gasteiger charge is 2.26. The van der Waals surface area contributed by atoms with Crippen molar-refractivity contribution in [3.63, 3.8) is 0 Å². The first-order valence-electron chi connectivity index (χ1n) is 8.96. The van der Waals surface area contributed by atoms with Crippen LogP contribution in [0.2, 0.25) is 0 Å². The maximum absolute atomic E-state index is 12.1. The van der Waals surface area contributed by atoms with Crippen molar-refractivity contribution in [2.45, 2.75) is 45.6 Å². The van der Waals surface area contributed by atoms with E-state index in [1.54, 1.807) is 11.9 Å². The summed E-state index contributed by atoms with van der Waals surface area (Å²) >= 11 is 0. The van der Waals surface area contributed by atoms with Gasteiger partial charge in [0, 0.05) is 20.1 Å². The molecular formula is C19H30N2O4S. The Balaban J connectivity index is 1.87. The Morgan fingerprint density at radius 3 is 2.19 bits per heavy atom. The summed E-state index contributed by atoms with van der Waals surface area (Å²) in [5, 5.41) is 0. The molecule has 1 aromatic rings. The lowest BCUT2D eigenvalue weighted by Gasteiger charge is -2.33. The number of likely N-dealkylation sites (tertiary alicyclic amines) is 1. The Labute approximate surface area is 157 Å². The third-order valence-corrected chi connectivity index (χ3v) is 5.79. The van der Waals surface area contributed by atoms with Crippen molar-refractivity contribution in [1.82, 2.24) is 4.90 Å². The fourth-order valence-electron chi connectivity index (χ4n) is 3.01. The standard InChI is InChI=1S/C19H30N2O4S/c1-19(2,3)25-18(22)21-12-10-16(11-13-21)14-15-6-8-17(9-7-15)20(4)26(5,23)24/h6-9,16H,10-14H2,1-5H3. The van der Waals surface area contributed by atoms with E-state index in [0.29, 0.717) is 24.7 Å². The second-order valence-electron chi connectivity index (χ2n) is 8.01. The van der Waals surface area contributed by atoms with Crippen molar-refractivity contribution in [3.05, 3.63) is 29.8 Å². The normalized spacial score (nSPS) is 16.4. The highest BCUT2D eigenvalue weighted by Crippen LogP contribution is 2.24. The fourth-order valence-corrected chi connectivity index (χ4v) is 3.52. The van der Waals surface area contributed by atoms with Gasteiger partial charge in [-0.25, -0.2) is 13.2 Å². The number of hydrogen-bond donors (Lipinski definition) is 0. The second-order valence-corrected chi connectivity index (χ2v) is 10.0. The average Bonchev–Trinajstić information content (AvgIpc) is 2.53. The van der Waals surface area contributed by atoms with Gasteiger partial charge in [-0.05, 0) is 63.6 Å². The number of carbonyl (C=O) groups is 1. The second kappa shape index (κ2) is 7.86. The van der Waals surface area contributed by atoms with E-state index >= 15 is 0 Å². The molecule has 2 rings (SSSR count). The molecule has 1 fully saturated rings. The van der Waals surface area contributed by atoms with Crippen molar-refractivity contribution in [3.8, 4) is 0 Å². The molecule has 1 aliphatic rings. The lowest BCUT2D eigenvalue weighted by molar-refractivity contribution is 0.0184. The van der Waals surface area contributed by atoms with Gasteiger partial charge < -0.3 is 9.64 Å². The van der Waals surface area contributed by atoms with Gasteiger partial charge in [0.15, 0.2) is 0 Å². The van der Waals surface area contributed by atoms with Crippen molar-refractivity contribution < 1.29 is 17.9 Å². The van der Waals surface area contributed by atoms with E-state index < -0.39 is 15.6 Å². The van der Waals surface area contributed by atoms with Crippen LogP contribution >= 0.6 is 0 Å². The summed E-state index contributed by atoms with van der Waals surface area (Å²) in [5.41, 5.74) is 1.39. The Morgan fingerprint density at radius 1 is 1.19 bits per heavy atom. The number of benzene rings is 1. The van der Waals surface area contributed by atoms with E-state index in [1.807, 2.05) is 45.0 Å². The van der Waals surface area contributed by atoms with Crippen LogP contribution in [0.1, 0.15) is 39.2 Å². The number of hydrogen-bond acceptors (Lipinski definition) is 4. The molecule has 0 saturated carbocycles. The molecule has 1 heterocycles. The summed E-state index contributed by atoms with van der Waals surface area (Å²) in [6.07, 6.45) is 3.79. The van der Waals surface area contributed by atoms with Crippen LogP contribution in [-0.2, 0) is 21.2 Å². The van der Waals surface area contributed by atoms with Gasteiger partial charge in [-0.3, -0.25) is 4.31 Å². The largest absolute Gasteiger partial charge is 0.444 e. The monoisotopic (exact) mass is 382 g/mol. The van der Waals surface area contributed by atoms with Gasteiger partial charge >= 0.3 is 6.09 Å². The predicted molar refractivity (Wildman–Crippen MR) is 104 cm³/mol. The van der Waals surface area contributed by atoms with Crippen molar-refractivity contribution in [2.75, 3.05) is 30.7 Å². The first kappa shape index (κ1) is 20.6. The molecule has 6 nitrogen and oxygen atoms in total. The van der Waals surface area contributed by atoms with E-state index in [4.69, 9.17) is 4.74 Å². The minimum atomic E-state index is -3.24. The Kier molecular flexibility index (Phi) is 6.21. The third-order valence-electron chi connectivity index (χ3n) is 4.59. The average molecular weight is 383 g/mol. The predicted octanol–water partition coefficient (Wildman–Crippen LogP) is 3.27. The SMILES string of the molecule is CN(c1ccc(CC2CCN(C(=O)OC(C)(C)C)CC2)cc1)S(C)(=O)=O. The van der Waals surface area contributed by atoms with E-state index in [9.17, 15) is 13.2 Å². The van der Waals surface area contributed by atoms with E-state index in [0.717, 1.165) is 19.3 Å². The van der Waals surface area contributed by atoms with Crippen LogP contribution in [0, 0.1) is 5.92 Å². The molecule has 1 amide bonds. The van der Waals surface area contributed by atoms with Crippen LogP contribution in [0.25, 0.3) is 0 Å². The molecule has 0 aliphatic carbocycles. The first-order valence-corrected chi connectivity index (χ1v) is 10.8. The number of anilines is 1. The van der Waals surface area contributed by atoms with Crippen LogP contribution < -0.4 is 4.31 Å². The minimum absolute atomic E-state index is 0.232. The summed E-state index contributed by atoms with van der Waals surface area (Å²) in [7, 11) is -1.69. The number of nitrogens with zero attached hydrogens (tertiary/aromatic N) is 2. The van der Waals surface area contributed by atoms with E-state index in [1.165, 1.54) is 16.1 Å². The summed E-state index contributed by atoms with van der Waals surface area (Å²) in [6.45, 7) is 7.07. The lowest BCUT2D eigenvalue weighted by Crippen LogP contribution is -2.42. The number of piperidine rings is 1. The molecule has 0 atom stereocenters. The molecule has 0 unspecified atom stereocenters. The molecule has 0 bridgehead atoms. The van der Waals surface area contributed by atoms with Crippen molar-refractivity contribution >= 4 is 21.8 Å². The van der Waals surface area contributed by atoms with Gasteiger partial charge in [0.1, 0.15) is 5.60 Å². The van der Waals surface area contributed by atoms with Crippen LogP contribution in [-0.4, -0.2) is 51.4 Å². The fraction of sp³-hybridized carbons (Fsp3) is 0.632. The van der Waals surface area contributed by atoms with Gasteiger partial charge in [0.05, 0.1) is 11.9 Å². The van der Waals surface area contributed by atoms with Crippen LogP contribution in [0.3, 0.4) is 0 Å². The van der Waals surface area contributed by atoms with Gasteiger partial charge in [-0.2, -0.15) is 0 Å². The van der Waals surface area contributed by atoms with Gasteiger partial charge in [0.2, 0.25) is 10.0 Å². The topological polar surface area (TPSA) is 66.9 Å². The highest BCUT2D eigenvalue weighted by atomic mass is 32.2. The minimum Gasteiger partial charge on any atom is -0.444 e. The Morgan fingerprint density at radius 2 is 1.73 bits per heavy atom. The number of rotatable bonds is 4. The Bertz CT molecular complexity index is 715. The number of sulfonamides is 1. The quantitative estimate of drug-likeness (QED) is 0.801. The van der Waals surface area contributed by atoms with E-state index in [-0.39, 0.29) is 6.09 Å². The molecule has 146 valence electrons. The van der Waals surface area contributed by atoms with Crippen LogP contribution in [0.15, 0.2) is 24.3 Å². The Hall–Kier alpha value is -1.76. The lowest BCUT2D eigenvalue weighted by atomic mass is 9.90. The number of amides is 1. The maximum atomic E-state index is 12.1. The summed E-state index contributed by atoms with van der Waals surface area (Å²) in [4.78, 5) is 13.9. The highest BCUT2D eigenvalue weighted by molar-refractivity contribution is 7.92. The molecule has 1 saturated heterocycles. The zero-order valence-electron chi connectivity index (χ0n) is 16.4. The van der Waals surface area contributed by atoms with Gasteiger partial charge in [0.25, 0.3) is 0 Å². The molecule has 1 aromatic carbocycles. The zero-order valence-corrected chi connectivity index (χ0v) is 17.2. The zero-order chi connectivity index (χ0) is 19.5. The molecule has 1 aliphatic heterocycles. The van der Waals surface area contributed by atoms with Crippen LogP contribution in [0.4, 0.5) is 10.5 Å². The summed E-state index contributed by atoms with van der Waals surface area (Å²) in [6, 6.07) is 7.65. The molecule has 0 radical (unpaired) electrons. The summed E-state index contributed by atoms with van der Waals surface area (Å²) in [5.74, 6) is 0.521. The molecular weight excluding hydrogens is 352 g/mol.